The fourth-order valence-corrected chi connectivity index (χ4v) is 2.78. The van der Waals surface area contributed by atoms with Gasteiger partial charge in [-0.2, -0.15) is 0 Å². The van der Waals surface area contributed by atoms with Gasteiger partial charge in [0.1, 0.15) is 0 Å². The first kappa shape index (κ1) is 13.9. The number of nitrogens with one attached hydrogen (secondary N) is 1. The molecule has 1 aliphatic rings. The molecule has 1 N–H and O–H groups in total. The van der Waals surface area contributed by atoms with E-state index < -0.39 is 0 Å². The van der Waals surface area contributed by atoms with Crippen molar-refractivity contribution in [3.05, 3.63) is 34.9 Å². The molecule has 1 aromatic rings. The maximum atomic E-state index is 5.91. The molecule has 1 aliphatic heterocycles. The van der Waals surface area contributed by atoms with Gasteiger partial charge in [0, 0.05) is 30.2 Å². The smallest absolute Gasteiger partial charge is 0.0406 e. The number of likely N-dealkylation sites (tertiary alicyclic amines) is 1. The van der Waals surface area contributed by atoms with Crippen LogP contribution in [-0.4, -0.2) is 30.1 Å². The lowest BCUT2D eigenvalue weighted by Crippen LogP contribution is -2.47. The Morgan fingerprint density at radius 1 is 1.33 bits per heavy atom. The molecule has 1 atom stereocenters. The molecular formula is C15H23ClN2. The van der Waals surface area contributed by atoms with E-state index in [0.717, 1.165) is 18.1 Å². The minimum absolute atomic E-state index is 0.575. The number of hydrogen-bond acceptors (Lipinski definition) is 2. The van der Waals surface area contributed by atoms with Crippen molar-refractivity contribution in [1.29, 1.82) is 0 Å². The summed E-state index contributed by atoms with van der Waals surface area (Å²) in [6, 6.07) is 9.43. The molecule has 0 radical (unpaired) electrons. The van der Waals surface area contributed by atoms with Gasteiger partial charge < -0.3 is 5.32 Å². The summed E-state index contributed by atoms with van der Waals surface area (Å²) in [5.41, 5.74) is 1.35. The second-order valence-electron chi connectivity index (χ2n) is 5.52. The van der Waals surface area contributed by atoms with Crippen molar-refractivity contribution in [2.45, 2.75) is 45.3 Å². The van der Waals surface area contributed by atoms with Gasteiger partial charge >= 0.3 is 0 Å². The van der Waals surface area contributed by atoms with Crippen molar-refractivity contribution >= 4 is 11.6 Å². The lowest BCUT2D eigenvalue weighted by Gasteiger charge is -2.34. The molecule has 0 spiro atoms. The maximum absolute atomic E-state index is 5.91. The van der Waals surface area contributed by atoms with Gasteiger partial charge in [0.2, 0.25) is 0 Å². The Morgan fingerprint density at radius 3 is 2.72 bits per heavy atom. The van der Waals surface area contributed by atoms with E-state index >= 15 is 0 Å². The molecule has 1 aromatic carbocycles. The molecule has 100 valence electrons. The third-order valence-corrected chi connectivity index (χ3v) is 3.65. The van der Waals surface area contributed by atoms with E-state index in [1.54, 1.807) is 0 Å². The second kappa shape index (κ2) is 6.55. The van der Waals surface area contributed by atoms with Gasteiger partial charge in [-0.1, -0.05) is 37.6 Å². The normalized spacial score (nSPS) is 21.4. The van der Waals surface area contributed by atoms with Crippen LogP contribution in [0.5, 0.6) is 0 Å². The van der Waals surface area contributed by atoms with Crippen LogP contribution in [0.25, 0.3) is 0 Å². The third kappa shape index (κ3) is 4.27. The standard InChI is InChI=1S/C15H23ClN2/c1-12(2)17-15-4-3-9-18(11-15)10-13-5-7-14(16)8-6-13/h5-8,12,15,17H,3-4,9-11H2,1-2H3. The summed E-state index contributed by atoms with van der Waals surface area (Å²) in [7, 11) is 0. The molecule has 0 saturated carbocycles. The molecule has 0 aliphatic carbocycles. The number of benzene rings is 1. The van der Waals surface area contributed by atoms with Crippen molar-refractivity contribution in [2.24, 2.45) is 0 Å². The van der Waals surface area contributed by atoms with Crippen LogP contribution >= 0.6 is 11.6 Å². The van der Waals surface area contributed by atoms with Crippen LogP contribution < -0.4 is 5.32 Å². The molecule has 2 rings (SSSR count). The number of rotatable bonds is 4. The van der Waals surface area contributed by atoms with Crippen molar-refractivity contribution in [1.82, 2.24) is 10.2 Å². The van der Waals surface area contributed by atoms with Gasteiger partial charge in [-0.3, -0.25) is 4.90 Å². The molecule has 1 fully saturated rings. The fraction of sp³-hybridized carbons (Fsp3) is 0.600. The highest BCUT2D eigenvalue weighted by molar-refractivity contribution is 6.30. The van der Waals surface area contributed by atoms with Gasteiger partial charge in [0.15, 0.2) is 0 Å². The van der Waals surface area contributed by atoms with Crippen LogP contribution in [0.3, 0.4) is 0 Å². The Labute approximate surface area is 115 Å². The molecule has 2 nitrogen and oxygen atoms in total. The Kier molecular flexibility index (Phi) is 5.04. The first-order valence-electron chi connectivity index (χ1n) is 6.86. The zero-order valence-corrected chi connectivity index (χ0v) is 12.1. The van der Waals surface area contributed by atoms with E-state index in [9.17, 15) is 0 Å². The first-order chi connectivity index (χ1) is 8.63. The van der Waals surface area contributed by atoms with Crippen molar-refractivity contribution in [3.8, 4) is 0 Å². The second-order valence-corrected chi connectivity index (χ2v) is 5.96. The Balaban J connectivity index is 1.87. The van der Waals surface area contributed by atoms with Crippen molar-refractivity contribution < 1.29 is 0 Å². The molecule has 1 saturated heterocycles. The van der Waals surface area contributed by atoms with Crippen LogP contribution in [0.4, 0.5) is 0 Å². The Bertz CT molecular complexity index is 361. The summed E-state index contributed by atoms with van der Waals surface area (Å²) < 4.78 is 0. The zero-order valence-electron chi connectivity index (χ0n) is 11.3. The molecule has 0 bridgehead atoms. The van der Waals surface area contributed by atoms with Gasteiger partial charge in [-0.15, -0.1) is 0 Å². The molecule has 1 unspecified atom stereocenters. The molecule has 3 heteroatoms. The van der Waals surface area contributed by atoms with Gasteiger partial charge in [-0.25, -0.2) is 0 Å². The quantitative estimate of drug-likeness (QED) is 0.900. The summed E-state index contributed by atoms with van der Waals surface area (Å²) in [6.45, 7) is 7.84. The average molecular weight is 267 g/mol. The summed E-state index contributed by atoms with van der Waals surface area (Å²) in [6.07, 6.45) is 2.59. The predicted octanol–water partition coefficient (Wildman–Crippen LogP) is 3.30. The minimum atomic E-state index is 0.575. The number of nitrogens with zero attached hydrogens (tertiary/aromatic N) is 1. The lowest BCUT2D eigenvalue weighted by atomic mass is 10.0. The Morgan fingerprint density at radius 2 is 2.06 bits per heavy atom. The fourth-order valence-electron chi connectivity index (χ4n) is 2.65. The average Bonchev–Trinajstić information content (AvgIpc) is 2.32. The zero-order chi connectivity index (χ0) is 13.0. The van der Waals surface area contributed by atoms with E-state index in [1.165, 1.54) is 24.9 Å². The van der Waals surface area contributed by atoms with Crippen LogP contribution in [-0.2, 0) is 6.54 Å². The SMILES string of the molecule is CC(C)NC1CCCN(Cc2ccc(Cl)cc2)C1. The third-order valence-electron chi connectivity index (χ3n) is 3.39. The molecule has 0 amide bonds. The predicted molar refractivity (Wildman–Crippen MR) is 78.0 cm³/mol. The van der Waals surface area contributed by atoms with Gasteiger partial charge in [0.05, 0.1) is 0 Å². The van der Waals surface area contributed by atoms with Crippen LogP contribution in [0, 0.1) is 0 Å². The van der Waals surface area contributed by atoms with E-state index in [-0.39, 0.29) is 0 Å². The highest BCUT2D eigenvalue weighted by Crippen LogP contribution is 2.16. The van der Waals surface area contributed by atoms with Crippen LogP contribution in [0.15, 0.2) is 24.3 Å². The van der Waals surface area contributed by atoms with Crippen molar-refractivity contribution in [2.75, 3.05) is 13.1 Å². The van der Waals surface area contributed by atoms with Crippen LogP contribution in [0.1, 0.15) is 32.3 Å². The summed E-state index contributed by atoms with van der Waals surface area (Å²) in [5.74, 6) is 0. The summed E-state index contributed by atoms with van der Waals surface area (Å²) >= 11 is 5.91. The topological polar surface area (TPSA) is 15.3 Å². The number of hydrogen-bond donors (Lipinski definition) is 1. The van der Waals surface area contributed by atoms with Gasteiger partial charge in [0.25, 0.3) is 0 Å². The first-order valence-corrected chi connectivity index (χ1v) is 7.24. The summed E-state index contributed by atoms with van der Waals surface area (Å²) in [5, 5.41) is 4.46. The van der Waals surface area contributed by atoms with E-state index in [4.69, 9.17) is 11.6 Å². The molecule has 18 heavy (non-hydrogen) atoms. The number of piperidine rings is 1. The highest BCUT2D eigenvalue weighted by Gasteiger charge is 2.19. The maximum Gasteiger partial charge on any atom is 0.0406 e. The van der Waals surface area contributed by atoms with E-state index in [0.29, 0.717) is 12.1 Å². The molecule has 0 aromatic heterocycles. The van der Waals surface area contributed by atoms with Gasteiger partial charge in [-0.05, 0) is 37.1 Å². The van der Waals surface area contributed by atoms with E-state index in [2.05, 4.69) is 36.2 Å². The highest BCUT2D eigenvalue weighted by atomic mass is 35.5. The molecular weight excluding hydrogens is 244 g/mol. The lowest BCUT2D eigenvalue weighted by molar-refractivity contribution is 0.178. The van der Waals surface area contributed by atoms with Crippen LogP contribution in [0.2, 0.25) is 5.02 Å². The van der Waals surface area contributed by atoms with E-state index in [1.807, 2.05) is 12.1 Å². The number of halogens is 1. The largest absolute Gasteiger partial charge is 0.311 e. The minimum Gasteiger partial charge on any atom is -0.311 e. The Hall–Kier alpha value is -0.570. The summed E-state index contributed by atoms with van der Waals surface area (Å²) in [4.78, 5) is 2.53. The molecule has 1 heterocycles. The van der Waals surface area contributed by atoms with Crippen molar-refractivity contribution in [3.63, 3.8) is 0 Å². The monoisotopic (exact) mass is 266 g/mol.